The number of ketones is 2. The molecular weight excluding hydrogens is 1220 g/mol. The van der Waals surface area contributed by atoms with E-state index in [9.17, 15) is 72.5 Å². The van der Waals surface area contributed by atoms with E-state index in [-0.39, 0.29) is 68.6 Å². The second-order valence-electron chi connectivity index (χ2n) is 28.5. The molecule has 3 rings (SSSR count). The fourth-order valence-electron chi connectivity index (χ4n) is 12.2. The van der Waals surface area contributed by atoms with Crippen LogP contribution in [0.2, 0.25) is 0 Å². The lowest BCUT2D eigenvalue weighted by molar-refractivity contribution is -0.151. The quantitative estimate of drug-likeness (QED) is 0.121. The van der Waals surface area contributed by atoms with Crippen LogP contribution in [0.3, 0.4) is 0 Å². The smallest absolute Gasteiger partial charge is 0.255 e. The van der Waals surface area contributed by atoms with Crippen LogP contribution in [0.25, 0.3) is 0 Å². The molecule has 0 aromatic heterocycles. The molecule has 2 heterocycles. The standard InChI is InChI=1S/C69H113N11O15/c1-38(2)28-48-34-54(83)44(12)78(16)68(94)60(69(95)80-26-22-19-23-27-80)76-65(91)61(42(9)10)79(17)67(93)53(31-41(7)8)74-64(90)51(33-47-24-20-18-21-25-47)73-62(88)49(45(13)81)36-55(84)59(46(14)82)75-58(87)37-77(15)66(92)52(30-40(5)6)72-56(85)32-43(11)70-63(89)50(29-39(3)4)71-57(86)35-48/h18,20-21,24-25,38-46,48-53,59-61,81-82H,19,22-23,26-37H2,1-17H3,(H,70,89)(H,71,86)(H,72,85)(H,73,88)(H,74,90)(H,75,87)(H,76,91)/t43-,44-,45+,46+,48+,49?,50-,51-,52-,53-,59-,60-,61-/m0/s1. The summed E-state index contributed by atoms with van der Waals surface area (Å²) < 4.78 is 0. The summed E-state index contributed by atoms with van der Waals surface area (Å²) in [7, 11) is 4.01. The van der Waals surface area contributed by atoms with E-state index in [0.29, 0.717) is 37.9 Å². The SMILES string of the molecule is CC(C)C[C@H]1CC(=O)N[C@@H](CC(C)C)C(=O)N[C@@H](C)CC(=O)N[C@@H](CC(C)C)C(=O)N(C)CC(=O)N[C@@H]([C@@H](C)O)C(=O)CC([C@@H](C)O)C(=O)N[C@@H](Cc2ccccc2)C(=O)N[C@@H](CC(C)C)C(=O)N(C)[C@@H](C(C)C)C(=O)N[C@H](C(=O)N2CCCCC2)C(=O)N(C)[C@@H](C)C(=O)C1. The highest BCUT2D eigenvalue weighted by molar-refractivity contribution is 6.09. The number of likely N-dealkylation sites (tertiary alicyclic amines) is 1. The van der Waals surface area contributed by atoms with E-state index < -0.39 is 174 Å². The second-order valence-corrected chi connectivity index (χ2v) is 28.5. The topological polar surface area (TPSA) is 360 Å². The van der Waals surface area contributed by atoms with Gasteiger partial charge in [-0.3, -0.25) is 62.3 Å². The summed E-state index contributed by atoms with van der Waals surface area (Å²) in [6.07, 6.45) is -1.83. The van der Waals surface area contributed by atoms with Gasteiger partial charge in [0.1, 0.15) is 36.3 Å². The lowest BCUT2D eigenvalue weighted by atomic mass is 9.87. The molecule has 2 aliphatic rings. The molecule has 9 N–H and O–H groups in total. The Morgan fingerprint density at radius 1 is 0.495 bits per heavy atom. The van der Waals surface area contributed by atoms with Crippen molar-refractivity contribution in [3.05, 3.63) is 35.9 Å². The highest BCUT2D eigenvalue weighted by atomic mass is 16.3. The summed E-state index contributed by atoms with van der Waals surface area (Å²) in [6.45, 7) is 23.6. The molecule has 26 nitrogen and oxygen atoms in total. The zero-order chi connectivity index (χ0) is 71.9. The number of amides is 11. The third kappa shape index (κ3) is 26.6. The number of hydrogen-bond acceptors (Lipinski definition) is 15. The van der Waals surface area contributed by atoms with Crippen molar-refractivity contribution in [2.75, 3.05) is 40.8 Å². The summed E-state index contributed by atoms with van der Waals surface area (Å²) in [6, 6.07) is -3.35. The Kier molecular flexibility index (Phi) is 33.6. The van der Waals surface area contributed by atoms with Crippen LogP contribution >= 0.6 is 0 Å². The maximum atomic E-state index is 15.0. The molecule has 534 valence electrons. The largest absolute Gasteiger partial charge is 0.393 e. The monoisotopic (exact) mass is 1340 g/mol. The molecular formula is C69H113N11O15. The Morgan fingerprint density at radius 2 is 1.01 bits per heavy atom. The van der Waals surface area contributed by atoms with Gasteiger partial charge in [0.05, 0.1) is 30.7 Å². The third-order valence-corrected chi connectivity index (χ3v) is 17.3. The molecule has 0 aliphatic carbocycles. The molecule has 0 saturated carbocycles. The molecule has 2 saturated heterocycles. The van der Waals surface area contributed by atoms with Crippen LogP contribution in [0, 0.1) is 41.4 Å². The Bertz CT molecular complexity index is 2790. The van der Waals surface area contributed by atoms with Crippen molar-refractivity contribution in [2.24, 2.45) is 41.4 Å². The Balaban J connectivity index is 2.21. The maximum absolute atomic E-state index is 15.0. The number of piperidine rings is 1. The van der Waals surface area contributed by atoms with Crippen molar-refractivity contribution >= 4 is 76.5 Å². The van der Waals surface area contributed by atoms with E-state index in [1.807, 2.05) is 41.5 Å². The number of Topliss-reactive ketones (excluding diaryl/α,β-unsaturated/α-hetero) is 2. The van der Waals surface area contributed by atoms with Crippen molar-refractivity contribution in [1.82, 2.24) is 56.8 Å². The van der Waals surface area contributed by atoms with Crippen molar-refractivity contribution in [2.45, 2.75) is 241 Å². The summed E-state index contributed by atoms with van der Waals surface area (Å²) >= 11 is 0. The van der Waals surface area contributed by atoms with Gasteiger partial charge in [0.2, 0.25) is 53.2 Å². The fraction of sp³-hybridized carbons (Fsp3) is 0.725. The van der Waals surface area contributed by atoms with Crippen molar-refractivity contribution in [3.63, 3.8) is 0 Å². The summed E-state index contributed by atoms with van der Waals surface area (Å²) in [4.78, 5) is 191. The number of hydrogen-bond donors (Lipinski definition) is 9. The molecule has 0 spiro atoms. The second kappa shape index (κ2) is 39.0. The number of benzene rings is 1. The molecule has 2 fully saturated rings. The Morgan fingerprint density at radius 3 is 1.55 bits per heavy atom. The van der Waals surface area contributed by atoms with Crippen LogP contribution in [-0.2, 0) is 68.7 Å². The van der Waals surface area contributed by atoms with Crippen LogP contribution in [0.4, 0.5) is 0 Å². The number of likely N-dealkylation sites (N-methyl/N-ethyl adjacent to an activating group) is 3. The van der Waals surface area contributed by atoms with E-state index >= 15 is 0 Å². The minimum absolute atomic E-state index is 0.00149. The van der Waals surface area contributed by atoms with Crippen LogP contribution in [0.15, 0.2) is 30.3 Å². The number of rotatable bonds is 14. The first-order chi connectivity index (χ1) is 44.3. The molecule has 1 aromatic rings. The number of carbonyl (C=O) groups excluding carboxylic acids is 13. The first-order valence-corrected chi connectivity index (χ1v) is 34.0. The summed E-state index contributed by atoms with van der Waals surface area (Å²) in [5.41, 5.74) is 0.568. The van der Waals surface area contributed by atoms with Crippen molar-refractivity contribution < 1.29 is 72.5 Å². The van der Waals surface area contributed by atoms with Crippen LogP contribution < -0.4 is 37.2 Å². The zero-order valence-corrected chi connectivity index (χ0v) is 59.4. The number of nitrogens with one attached hydrogen (secondary N) is 7. The van der Waals surface area contributed by atoms with Gasteiger partial charge in [-0.15, -0.1) is 0 Å². The van der Waals surface area contributed by atoms with Crippen molar-refractivity contribution in [3.8, 4) is 0 Å². The van der Waals surface area contributed by atoms with E-state index in [0.717, 1.165) is 21.1 Å². The highest BCUT2D eigenvalue weighted by Crippen LogP contribution is 2.24. The van der Waals surface area contributed by atoms with Gasteiger partial charge < -0.3 is 67.0 Å². The van der Waals surface area contributed by atoms with Gasteiger partial charge in [-0.2, -0.15) is 0 Å². The Labute approximate surface area is 562 Å². The third-order valence-electron chi connectivity index (χ3n) is 17.3. The van der Waals surface area contributed by atoms with E-state index in [4.69, 9.17) is 0 Å². The molecule has 1 aromatic carbocycles. The van der Waals surface area contributed by atoms with Gasteiger partial charge >= 0.3 is 0 Å². The van der Waals surface area contributed by atoms with Gasteiger partial charge in [-0.05, 0) is 114 Å². The average molecular weight is 1340 g/mol. The fourth-order valence-corrected chi connectivity index (χ4v) is 12.2. The number of nitrogens with zero attached hydrogens (tertiary/aromatic N) is 4. The number of carbonyl (C=O) groups is 13. The van der Waals surface area contributed by atoms with Gasteiger partial charge in [0.15, 0.2) is 17.6 Å². The summed E-state index contributed by atoms with van der Waals surface area (Å²) in [5, 5.41) is 41.0. The lowest BCUT2D eigenvalue weighted by Gasteiger charge is -2.37. The van der Waals surface area contributed by atoms with E-state index in [1.165, 1.54) is 46.8 Å². The molecule has 26 heteroatoms. The van der Waals surface area contributed by atoms with Crippen molar-refractivity contribution in [1.29, 1.82) is 0 Å². The van der Waals surface area contributed by atoms with E-state index in [1.54, 1.807) is 65.0 Å². The molecule has 95 heavy (non-hydrogen) atoms. The molecule has 13 atom stereocenters. The van der Waals surface area contributed by atoms with E-state index in [2.05, 4.69) is 37.2 Å². The minimum atomic E-state index is -1.85. The van der Waals surface area contributed by atoms with Crippen LogP contribution in [0.5, 0.6) is 0 Å². The van der Waals surface area contributed by atoms with Crippen LogP contribution in [0.1, 0.15) is 173 Å². The molecule has 2 aliphatic heterocycles. The normalized spacial score (nSPS) is 27.1. The van der Waals surface area contributed by atoms with Gasteiger partial charge in [0, 0.05) is 72.4 Å². The minimum Gasteiger partial charge on any atom is -0.393 e. The lowest BCUT2D eigenvalue weighted by Crippen LogP contribution is -2.63. The summed E-state index contributed by atoms with van der Waals surface area (Å²) in [5.74, 6) is -13.0. The van der Waals surface area contributed by atoms with Gasteiger partial charge in [-0.25, -0.2) is 0 Å². The highest BCUT2D eigenvalue weighted by Gasteiger charge is 2.43. The molecule has 1 unspecified atom stereocenters. The molecule has 0 bridgehead atoms. The first-order valence-electron chi connectivity index (χ1n) is 34.0. The van der Waals surface area contributed by atoms with Crippen LogP contribution in [-0.4, -0.2) is 214 Å². The Hall–Kier alpha value is -7.35. The number of aliphatic hydroxyl groups is 2. The number of aliphatic hydroxyl groups excluding tert-OH is 2. The first kappa shape index (κ1) is 81.9. The predicted molar refractivity (Wildman–Crippen MR) is 358 cm³/mol. The molecule has 11 amide bonds. The molecule has 0 radical (unpaired) electrons. The zero-order valence-electron chi connectivity index (χ0n) is 59.4. The van der Waals surface area contributed by atoms with Gasteiger partial charge in [0.25, 0.3) is 11.8 Å². The maximum Gasteiger partial charge on any atom is 0.255 e. The average Bonchev–Trinajstić information content (AvgIpc) is 1.17. The predicted octanol–water partition coefficient (Wildman–Crippen LogP) is 2.33. The van der Waals surface area contributed by atoms with Gasteiger partial charge in [-0.1, -0.05) is 99.6 Å².